The summed E-state index contributed by atoms with van der Waals surface area (Å²) in [6, 6.07) is 10.7. The average Bonchev–Trinajstić information content (AvgIpc) is 3.40. The second-order valence-electron chi connectivity index (χ2n) is 9.53. The molecule has 1 unspecified atom stereocenters. The normalized spacial score (nSPS) is 23.2. The maximum Gasteiger partial charge on any atom is 0.490 e. The van der Waals surface area contributed by atoms with Crippen LogP contribution in [0.25, 0.3) is 0 Å². The lowest BCUT2D eigenvalue weighted by Crippen LogP contribution is -2.51. The highest BCUT2D eigenvalue weighted by Gasteiger charge is 2.46. The van der Waals surface area contributed by atoms with Crippen molar-refractivity contribution in [3.63, 3.8) is 0 Å². The van der Waals surface area contributed by atoms with Gasteiger partial charge in [0.2, 0.25) is 11.8 Å². The van der Waals surface area contributed by atoms with Gasteiger partial charge in [0.05, 0.1) is 0 Å². The Bertz CT molecular complexity index is 874. The van der Waals surface area contributed by atoms with Gasteiger partial charge in [0, 0.05) is 38.1 Å². The Morgan fingerprint density at radius 3 is 2.23 bits per heavy atom. The third-order valence-electron chi connectivity index (χ3n) is 7.24. The number of benzene rings is 1. The summed E-state index contributed by atoms with van der Waals surface area (Å²) in [5.41, 5.74) is 1.30. The zero-order chi connectivity index (χ0) is 25.5. The fourth-order valence-electron chi connectivity index (χ4n) is 5.24. The standard InChI is InChI=1S/C23H33N3O2.C2HF3O2/c27-21-9-12-23(26(21)19-22(28)25-15-4-5-16-25)11-6-14-24(18-13-23)17-10-20-7-2-1-3-8-20;3-2(4,5)1(6)7/h1-3,7-8H,4-6,9-19H2;(H,6,7). The lowest BCUT2D eigenvalue weighted by atomic mass is 9.87. The SMILES string of the molecule is O=C(CN1C(=O)CCC12CCCN(CCc1ccccc1)CC2)N1CCCC1.O=C(O)C(F)(F)F. The van der Waals surface area contributed by atoms with Crippen molar-refractivity contribution in [2.24, 2.45) is 0 Å². The molecule has 1 N–H and O–H groups in total. The number of nitrogens with zero attached hydrogens (tertiary/aromatic N) is 3. The van der Waals surface area contributed by atoms with Gasteiger partial charge in [-0.15, -0.1) is 0 Å². The van der Waals surface area contributed by atoms with Gasteiger partial charge in [-0.3, -0.25) is 9.59 Å². The number of amides is 2. The average molecular weight is 498 g/mol. The van der Waals surface area contributed by atoms with Gasteiger partial charge in [0.1, 0.15) is 6.54 Å². The summed E-state index contributed by atoms with van der Waals surface area (Å²) in [4.78, 5) is 40.7. The molecule has 3 fully saturated rings. The van der Waals surface area contributed by atoms with Crippen LogP contribution in [0.1, 0.15) is 50.5 Å². The summed E-state index contributed by atoms with van der Waals surface area (Å²) in [6.07, 6.45) is 2.86. The predicted molar refractivity (Wildman–Crippen MR) is 124 cm³/mol. The van der Waals surface area contributed by atoms with E-state index in [1.54, 1.807) is 0 Å². The Kier molecular flexibility index (Phi) is 9.15. The summed E-state index contributed by atoms with van der Waals surface area (Å²) in [5, 5.41) is 7.12. The Hall–Kier alpha value is -2.62. The molecule has 1 atom stereocenters. The van der Waals surface area contributed by atoms with Crippen LogP contribution in [-0.4, -0.2) is 88.6 Å². The molecule has 3 aliphatic heterocycles. The second kappa shape index (κ2) is 11.9. The number of carboxylic acid groups (broad SMARTS) is 1. The fraction of sp³-hybridized carbons (Fsp3) is 0.640. The first kappa shape index (κ1) is 27.0. The van der Waals surface area contributed by atoms with Crippen LogP contribution < -0.4 is 0 Å². The van der Waals surface area contributed by atoms with E-state index in [1.165, 1.54) is 5.56 Å². The topological polar surface area (TPSA) is 81.2 Å². The summed E-state index contributed by atoms with van der Waals surface area (Å²) < 4.78 is 31.7. The zero-order valence-corrected chi connectivity index (χ0v) is 19.9. The third-order valence-corrected chi connectivity index (χ3v) is 7.24. The van der Waals surface area contributed by atoms with Gasteiger partial charge in [-0.25, -0.2) is 4.79 Å². The number of aliphatic carboxylic acids is 1. The maximum atomic E-state index is 12.7. The van der Waals surface area contributed by atoms with E-state index in [1.807, 2.05) is 9.80 Å². The van der Waals surface area contributed by atoms with Crippen molar-refractivity contribution in [2.75, 3.05) is 39.3 Å². The molecule has 194 valence electrons. The molecule has 7 nitrogen and oxygen atoms in total. The molecule has 0 bridgehead atoms. The van der Waals surface area contributed by atoms with E-state index in [0.29, 0.717) is 13.0 Å². The van der Waals surface area contributed by atoms with Crippen molar-refractivity contribution in [3.05, 3.63) is 35.9 Å². The van der Waals surface area contributed by atoms with Crippen LogP contribution in [-0.2, 0) is 20.8 Å². The van der Waals surface area contributed by atoms with Crippen LogP contribution in [0.5, 0.6) is 0 Å². The highest BCUT2D eigenvalue weighted by molar-refractivity contribution is 5.87. The van der Waals surface area contributed by atoms with Gasteiger partial charge in [-0.05, 0) is 57.1 Å². The van der Waals surface area contributed by atoms with E-state index in [4.69, 9.17) is 9.90 Å². The molecule has 2 amide bonds. The van der Waals surface area contributed by atoms with Crippen molar-refractivity contribution in [1.29, 1.82) is 0 Å². The van der Waals surface area contributed by atoms with Crippen molar-refractivity contribution in [3.8, 4) is 0 Å². The van der Waals surface area contributed by atoms with Crippen LogP contribution in [0.4, 0.5) is 13.2 Å². The molecule has 3 heterocycles. The Balaban J connectivity index is 0.000000429. The monoisotopic (exact) mass is 497 g/mol. The molecule has 1 aromatic carbocycles. The lowest BCUT2D eigenvalue weighted by molar-refractivity contribution is -0.192. The molecule has 0 saturated carbocycles. The predicted octanol–water partition coefficient (Wildman–Crippen LogP) is 3.33. The van der Waals surface area contributed by atoms with E-state index < -0.39 is 12.1 Å². The molecule has 3 saturated heterocycles. The Labute approximate surface area is 203 Å². The number of alkyl halides is 3. The van der Waals surface area contributed by atoms with Gasteiger partial charge >= 0.3 is 12.1 Å². The number of halogens is 3. The first-order chi connectivity index (χ1) is 16.6. The maximum absolute atomic E-state index is 12.7. The smallest absolute Gasteiger partial charge is 0.475 e. The lowest BCUT2D eigenvalue weighted by Gasteiger charge is -2.38. The van der Waals surface area contributed by atoms with Gasteiger partial charge in [0.15, 0.2) is 0 Å². The van der Waals surface area contributed by atoms with Crippen LogP contribution in [0, 0.1) is 0 Å². The molecular weight excluding hydrogens is 463 g/mol. The van der Waals surface area contributed by atoms with Gasteiger partial charge in [0.25, 0.3) is 0 Å². The summed E-state index contributed by atoms with van der Waals surface area (Å²) in [7, 11) is 0. The Morgan fingerprint density at radius 1 is 0.943 bits per heavy atom. The minimum absolute atomic E-state index is 0.0893. The summed E-state index contributed by atoms with van der Waals surface area (Å²) >= 11 is 0. The van der Waals surface area contributed by atoms with E-state index in [9.17, 15) is 22.8 Å². The minimum atomic E-state index is -5.08. The van der Waals surface area contributed by atoms with Crippen LogP contribution in [0.2, 0.25) is 0 Å². The first-order valence-corrected chi connectivity index (χ1v) is 12.3. The number of hydrogen-bond donors (Lipinski definition) is 1. The number of carbonyl (C=O) groups is 3. The van der Waals surface area contributed by atoms with Gasteiger partial charge in [-0.1, -0.05) is 30.3 Å². The molecular formula is C25H34F3N3O4. The van der Waals surface area contributed by atoms with Crippen LogP contribution in [0.15, 0.2) is 30.3 Å². The van der Waals surface area contributed by atoms with E-state index in [0.717, 1.165) is 77.7 Å². The highest BCUT2D eigenvalue weighted by Crippen LogP contribution is 2.39. The van der Waals surface area contributed by atoms with Crippen molar-refractivity contribution in [1.82, 2.24) is 14.7 Å². The molecule has 0 radical (unpaired) electrons. The van der Waals surface area contributed by atoms with E-state index in [-0.39, 0.29) is 17.4 Å². The molecule has 3 aliphatic rings. The summed E-state index contributed by atoms with van der Waals surface area (Å²) in [5.74, 6) is -2.42. The Morgan fingerprint density at radius 2 is 1.60 bits per heavy atom. The molecule has 0 aliphatic carbocycles. The number of likely N-dealkylation sites (tertiary alicyclic amines) is 3. The van der Waals surface area contributed by atoms with E-state index >= 15 is 0 Å². The van der Waals surface area contributed by atoms with Crippen LogP contribution >= 0.6 is 0 Å². The minimum Gasteiger partial charge on any atom is -0.475 e. The molecule has 0 aromatic heterocycles. The van der Waals surface area contributed by atoms with Crippen LogP contribution in [0.3, 0.4) is 0 Å². The van der Waals surface area contributed by atoms with Crippen molar-refractivity contribution < 1.29 is 32.7 Å². The van der Waals surface area contributed by atoms with Gasteiger partial charge in [-0.2, -0.15) is 13.2 Å². The summed E-state index contributed by atoms with van der Waals surface area (Å²) in [6.45, 7) is 5.21. The highest BCUT2D eigenvalue weighted by atomic mass is 19.4. The first-order valence-electron chi connectivity index (χ1n) is 12.3. The third kappa shape index (κ3) is 7.43. The molecule has 4 rings (SSSR count). The molecule has 1 aromatic rings. The van der Waals surface area contributed by atoms with E-state index in [2.05, 4.69) is 35.2 Å². The van der Waals surface area contributed by atoms with Gasteiger partial charge < -0.3 is 19.8 Å². The number of hydrogen-bond acceptors (Lipinski definition) is 4. The van der Waals surface area contributed by atoms with Crippen molar-refractivity contribution in [2.45, 2.75) is 63.1 Å². The number of carbonyl (C=O) groups excluding carboxylic acids is 2. The number of carboxylic acids is 1. The second-order valence-corrected chi connectivity index (χ2v) is 9.53. The van der Waals surface area contributed by atoms with Crippen molar-refractivity contribution >= 4 is 17.8 Å². The molecule has 35 heavy (non-hydrogen) atoms. The zero-order valence-electron chi connectivity index (χ0n) is 19.9. The molecule has 1 spiro atoms. The molecule has 10 heteroatoms. The quantitative estimate of drug-likeness (QED) is 0.675. The largest absolute Gasteiger partial charge is 0.490 e. The number of rotatable bonds is 5. The fourth-order valence-corrected chi connectivity index (χ4v) is 5.24.